The number of hydrogen-bond acceptors (Lipinski definition) is 7. The molecule has 54 heavy (non-hydrogen) atoms. The Morgan fingerprint density at radius 1 is 0.833 bits per heavy atom. The molecule has 13 heteroatoms. The van der Waals surface area contributed by atoms with Gasteiger partial charge in [-0.15, -0.1) is 0 Å². The number of carbonyl (C=O) groups excluding carboxylic acids is 2. The van der Waals surface area contributed by atoms with Crippen LogP contribution in [-0.2, 0) is 0 Å². The van der Waals surface area contributed by atoms with E-state index in [1.54, 1.807) is 62.0 Å². The number of aromatic nitrogens is 1. The van der Waals surface area contributed by atoms with Crippen molar-refractivity contribution in [3.8, 4) is 22.9 Å². The van der Waals surface area contributed by atoms with Crippen molar-refractivity contribution in [2.45, 2.75) is 39.0 Å². The maximum Gasteiger partial charge on any atom is 0.414 e. The summed E-state index contributed by atoms with van der Waals surface area (Å²) in [6.45, 7) is 11.1. The molecular formula is C41H50F2N5O6+. The van der Waals surface area contributed by atoms with Crippen molar-refractivity contribution in [1.82, 2.24) is 14.4 Å². The number of quaternary nitrogens is 1. The highest BCUT2D eigenvalue weighted by Crippen LogP contribution is 2.30. The minimum Gasteiger partial charge on any atom is -0.497 e. The minimum absolute atomic E-state index is 0.0255. The second kappa shape index (κ2) is 17.0. The van der Waals surface area contributed by atoms with Crippen LogP contribution in [0.1, 0.15) is 49.4 Å². The van der Waals surface area contributed by atoms with E-state index in [2.05, 4.69) is 4.90 Å². The third kappa shape index (κ3) is 8.85. The quantitative estimate of drug-likeness (QED) is 0.102. The number of methoxy groups -OCH3 is 1. The van der Waals surface area contributed by atoms with Crippen LogP contribution in [0.5, 0.6) is 17.2 Å². The lowest BCUT2D eigenvalue weighted by atomic mass is 10.1. The van der Waals surface area contributed by atoms with E-state index < -0.39 is 29.1 Å². The van der Waals surface area contributed by atoms with Crippen LogP contribution in [0.15, 0.2) is 65.6 Å². The van der Waals surface area contributed by atoms with Gasteiger partial charge in [-0.2, -0.15) is 0 Å². The second-order valence-corrected chi connectivity index (χ2v) is 14.4. The lowest BCUT2D eigenvalue weighted by Gasteiger charge is -2.50. The van der Waals surface area contributed by atoms with Crippen molar-refractivity contribution < 1.29 is 37.1 Å². The number of nitrogens with zero attached hydrogens (tertiary/aromatic N) is 5. The second-order valence-electron chi connectivity index (χ2n) is 14.4. The van der Waals surface area contributed by atoms with Gasteiger partial charge in [-0.1, -0.05) is 12.8 Å². The van der Waals surface area contributed by atoms with E-state index >= 15 is 0 Å². The Hall–Kier alpha value is -5.01. The number of fused-ring (bicyclic) bond motifs is 4. The summed E-state index contributed by atoms with van der Waals surface area (Å²) in [4.78, 5) is 45.6. The normalized spacial score (nSPS) is 17.7. The number of hydrogen-bond donors (Lipinski definition) is 0. The molecule has 0 N–H and O–H groups in total. The van der Waals surface area contributed by atoms with Crippen LogP contribution < -0.4 is 24.5 Å². The number of benzene rings is 3. The molecule has 3 aliphatic heterocycles. The first-order chi connectivity index (χ1) is 26.0. The number of amides is 2. The van der Waals surface area contributed by atoms with Gasteiger partial charge in [0.25, 0.3) is 5.91 Å². The first-order valence-electron chi connectivity index (χ1n) is 18.8. The molecule has 288 valence electrons. The molecular weight excluding hydrogens is 696 g/mol. The monoisotopic (exact) mass is 746 g/mol. The number of pyridine rings is 1. The fourth-order valence-corrected chi connectivity index (χ4v) is 7.45. The zero-order valence-corrected chi connectivity index (χ0v) is 31.6. The summed E-state index contributed by atoms with van der Waals surface area (Å²) >= 11 is 0. The van der Waals surface area contributed by atoms with Crippen molar-refractivity contribution in [3.63, 3.8) is 0 Å². The Balaban J connectivity index is 1.25. The predicted molar refractivity (Wildman–Crippen MR) is 204 cm³/mol. The van der Waals surface area contributed by atoms with Gasteiger partial charge in [-0.05, 0) is 50.5 Å². The number of halogens is 2. The Kier molecular flexibility index (Phi) is 12.2. The standard InChI is InChI=1S/C41H50F2N5O6/c1-5-46(31-22-29(42)21-30(43)23-31)40(50)37-28-47(32-24-34(52-4)26-35(25-32)54-41(51)44(2)3)38-27-33(11-12-36(38)39(37)49)53-20-10-8-6-7-9-16-48-17-13-45(14-18-48)15-19-48/h11-12,21-28H,5-10,13-20H2,1-4H3/q+1. The highest BCUT2D eigenvalue weighted by Gasteiger charge is 2.37. The highest BCUT2D eigenvalue weighted by atomic mass is 19.1. The smallest absolute Gasteiger partial charge is 0.414 e. The molecule has 3 fully saturated rings. The maximum absolute atomic E-state index is 14.2. The van der Waals surface area contributed by atoms with E-state index in [1.165, 1.54) is 81.3 Å². The zero-order valence-electron chi connectivity index (χ0n) is 31.6. The minimum atomic E-state index is -0.852. The molecule has 0 aliphatic carbocycles. The van der Waals surface area contributed by atoms with Gasteiger partial charge in [-0.3, -0.25) is 14.5 Å². The van der Waals surface area contributed by atoms with Crippen LogP contribution >= 0.6 is 0 Å². The van der Waals surface area contributed by atoms with Gasteiger partial charge in [0.1, 0.15) is 34.4 Å². The maximum atomic E-state index is 14.2. The average molecular weight is 747 g/mol. The van der Waals surface area contributed by atoms with E-state index in [0.29, 0.717) is 35.4 Å². The third-order valence-corrected chi connectivity index (χ3v) is 10.6. The van der Waals surface area contributed by atoms with Crippen LogP contribution in [0, 0.1) is 11.6 Å². The summed E-state index contributed by atoms with van der Waals surface area (Å²) in [7, 11) is 4.58. The molecule has 0 spiro atoms. The zero-order chi connectivity index (χ0) is 38.4. The van der Waals surface area contributed by atoms with Crippen LogP contribution in [0.2, 0.25) is 0 Å². The largest absolute Gasteiger partial charge is 0.497 e. The molecule has 0 radical (unpaired) electrons. The number of carbonyl (C=O) groups is 2. The van der Waals surface area contributed by atoms with E-state index in [0.717, 1.165) is 36.3 Å². The van der Waals surface area contributed by atoms with Gasteiger partial charge in [0.2, 0.25) is 5.43 Å². The molecule has 3 saturated heterocycles. The number of ether oxygens (including phenoxy) is 3. The molecule has 0 unspecified atom stereocenters. The van der Waals surface area contributed by atoms with Crippen LogP contribution in [0.4, 0.5) is 19.3 Å². The van der Waals surface area contributed by atoms with Crippen LogP contribution in [0.3, 0.4) is 0 Å². The lowest BCUT2D eigenvalue weighted by Crippen LogP contribution is -2.67. The first kappa shape index (κ1) is 38.7. The Morgan fingerprint density at radius 3 is 2.17 bits per heavy atom. The molecule has 7 rings (SSSR count). The van der Waals surface area contributed by atoms with Crippen LogP contribution in [0.25, 0.3) is 16.6 Å². The van der Waals surface area contributed by atoms with Gasteiger partial charge in [0.15, 0.2) is 0 Å². The molecule has 2 amide bonds. The SMILES string of the molecule is CCN(C(=O)c1cn(-c2cc(OC)cc(OC(=O)N(C)C)c2)c2cc(OCCCCCCC[N+]34CCN(CC3)CC4)ccc2c1=O)c1cc(F)cc(F)c1. The van der Waals surface area contributed by atoms with Crippen molar-refractivity contribution in [1.29, 1.82) is 0 Å². The third-order valence-electron chi connectivity index (χ3n) is 10.6. The Bertz CT molecular complexity index is 2010. The number of piperazine rings is 3. The van der Waals surface area contributed by atoms with Gasteiger partial charge < -0.3 is 33.1 Å². The first-order valence-corrected chi connectivity index (χ1v) is 18.8. The fraction of sp³-hybridized carbons (Fsp3) is 0.439. The molecule has 4 heterocycles. The van der Waals surface area contributed by atoms with Crippen molar-refractivity contribution >= 4 is 28.6 Å². The number of unbranched alkanes of at least 4 members (excludes halogenated alkanes) is 4. The van der Waals surface area contributed by atoms with E-state index in [4.69, 9.17) is 14.2 Å². The summed E-state index contributed by atoms with van der Waals surface area (Å²) in [5.74, 6) is -1.38. The predicted octanol–water partition coefficient (Wildman–Crippen LogP) is 6.48. The molecule has 11 nitrogen and oxygen atoms in total. The molecule has 2 bridgehead atoms. The topological polar surface area (TPSA) is 93.6 Å². The Morgan fingerprint density at radius 2 is 1.50 bits per heavy atom. The van der Waals surface area contributed by atoms with E-state index in [-0.39, 0.29) is 28.9 Å². The van der Waals surface area contributed by atoms with Gasteiger partial charge in [-0.25, -0.2) is 13.6 Å². The van der Waals surface area contributed by atoms with E-state index in [9.17, 15) is 23.2 Å². The summed E-state index contributed by atoms with van der Waals surface area (Å²) in [5, 5.41) is 0.214. The highest BCUT2D eigenvalue weighted by molar-refractivity contribution is 6.07. The molecule has 0 atom stereocenters. The summed E-state index contributed by atoms with van der Waals surface area (Å²) in [6.07, 6.45) is 6.33. The van der Waals surface area contributed by atoms with Gasteiger partial charge >= 0.3 is 6.09 Å². The van der Waals surface area contributed by atoms with Crippen LogP contribution in [-0.4, -0.2) is 111 Å². The summed E-state index contributed by atoms with van der Waals surface area (Å²) in [5.41, 5.74) is 0.0290. The molecule has 3 aromatic carbocycles. The van der Waals surface area contributed by atoms with Crippen molar-refractivity contribution in [2.75, 3.05) is 85.1 Å². The molecule has 0 saturated carbocycles. The molecule has 1 aromatic heterocycles. The van der Waals surface area contributed by atoms with Gasteiger partial charge in [0.05, 0.1) is 51.1 Å². The number of anilines is 1. The molecule has 4 aromatic rings. The van der Waals surface area contributed by atoms with Crippen molar-refractivity contribution in [2.24, 2.45) is 0 Å². The molecule has 3 aliphatic rings. The van der Waals surface area contributed by atoms with Crippen molar-refractivity contribution in [3.05, 3.63) is 88.2 Å². The number of rotatable bonds is 15. The van der Waals surface area contributed by atoms with Gasteiger partial charge in [0, 0.05) is 87.9 Å². The summed E-state index contributed by atoms with van der Waals surface area (Å²) < 4.78 is 48.6. The fourth-order valence-electron chi connectivity index (χ4n) is 7.45. The lowest BCUT2D eigenvalue weighted by molar-refractivity contribution is -0.941. The Labute approximate surface area is 314 Å². The average Bonchev–Trinajstić information content (AvgIpc) is 3.16. The summed E-state index contributed by atoms with van der Waals surface area (Å²) in [6, 6.07) is 12.7. The van der Waals surface area contributed by atoms with E-state index in [1.807, 2.05) is 0 Å².